The molecule has 2 rings (SSSR count). The van der Waals surface area contributed by atoms with Crippen molar-refractivity contribution in [3.8, 4) is 0 Å². The molecule has 0 aliphatic rings. The van der Waals surface area contributed by atoms with E-state index in [-0.39, 0.29) is 10.9 Å². The number of carbonyl (C=O) groups is 1. The molecule has 134 valence electrons. The monoisotopic (exact) mass is 425 g/mol. The molecule has 0 radical (unpaired) electrons. The number of benzene rings is 2. The van der Waals surface area contributed by atoms with Crippen LogP contribution in [-0.2, 0) is 16.6 Å². The van der Waals surface area contributed by atoms with Crippen LogP contribution in [0.25, 0.3) is 0 Å². The third-order valence-electron chi connectivity index (χ3n) is 3.59. The lowest BCUT2D eigenvalue weighted by molar-refractivity contribution is 0.251. The van der Waals surface area contributed by atoms with Crippen LogP contribution in [0.1, 0.15) is 11.1 Å². The minimum absolute atomic E-state index is 0.219. The molecule has 0 saturated heterocycles. The number of sulfonamides is 1. The molecule has 2 amide bonds. The van der Waals surface area contributed by atoms with Gasteiger partial charge in [0.15, 0.2) is 0 Å². The number of hydrogen-bond donors (Lipinski definition) is 2. The lowest BCUT2D eigenvalue weighted by Crippen LogP contribution is -2.28. The Labute approximate surface area is 156 Å². The van der Waals surface area contributed by atoms with Crippen molar-refractivity contribution in [1.82, 2.24) is 9.62 Å². The van der Waals surface area contributed by atoms with Crippen molar-refractivity contribution >= 4 is 37.7 Å². The molecule has 6 nitrogen and oxygen atoms in total. The molecule has 0 aliphatic heterocycles. The maximum Gasteiger partial charge on any atom is 0.319 e. The highest BCUT2D eigenvalue weighted by Gasteiger charge is 2.16. The van der Waals surface area contributed by atoms with E-state index in [9.17, 15) is 13.2 Å². The Morgan fingerprint density at radius 3 is 2.32 bits per heavy atom. The molecule has 2 aromatic carbocycles. The molecule has 0 spiro atoms. The van der Waals surface area contributed by atoms with Crippen LogP contribution < -0.4 is 10.6 Å². The van der Waals surface area contributed by atoms with Crippen LogP contribution in [-0.4, -0.2) is 32.8 Å². The van der Waals surface area contributed by atoms with Crippen molar-refractivity contribution in [2.75, 3.05) is 19.4 Å². The Bertz CT molecular complexity index is 865. The highest BCUT2D eigenvalue weighted by molar-refractivity contribution is 9.10. The summed E-state index contributed by atoms with van der Waals surface area (Å²) in [6, 6.07) is 11.7. The Kier molecular flexibility index (Phi) is 6.21. The van der Waals surface area contributed by atoms with Crippen molar-refractivity contribution in [1.29, 1.82) is 0 Å². The molecule has 0 bridgehead atoms. The van der Waals surface area contributed by atoms with E-state index >= 15 is 0 Å². The van der Waals surface area contributed by atoms with E-state index in [0.717, 1.165) is 25.6 Å². The average molecular weight is 426 g/mol. The first-order valence-electron chi connectivity index (χ1n) is 7.52. The number of hydrogen-bond acceptors (Lipinski definition) is 3. The molecule has 0 atom stereocenters. The second kappa shape index (κ2) is 7.99. The summed E-state index contributed by atoms with van der Waals surface area (Å²) in [5.41, 5.74) is 2.48. The van der Waals surface area contributed by atoms with Crippen LogP contribution in [0.2, 0.25) is 0 Å². The molecular formula is C17H20BrN3O3S. The molecule has 2 N–H and O–H groups in total. The maximum absolute atomic E-state index is 12.0. The van der Waals surface area contributed by atoms with Crippen LogP contribution in [0.4, 0.5) is 10.5 Å². The zero-order valence-corrected chi connectivity index (χ0v) is 16.6. The van der Waals surface area contributed by atoms with Crippen LogP contribution in [0.3, 0.4) is 0 Å². The van der Waals surface area contributed by atoms with Crippen molar-refractivity contribution in [2.45, 2.75) is 18.4 Å². The third kappa shape index (κ3) is 5.04. The number of anilines is 1. The fourth-order valence-corrected chi connectivity index (χ4v) is 3.48. The summed E-state index contributed by atoms with van der Waals surface area (Å²) in [7, 11) is -0.473. The third-order valence-corrected chi connectivity index (χ3v) is 5.91. The average Bonchev–Trinajstić information content (AvgIpc) is 2.56. The SMILES string of the molecule is Cc1cc(Br)ccc1NC(=O)NCc1ccc(S(=O)(=O)N(C)C)cc1. The highest BCUT2D eigenvalue weighted by Crippen LogP contribution is 2.20. The van der Waals surface area contributed by atoms with E-state index in [2.05, 4.69) is 26.6 Å². The fourth-order valence-electron chi connectivity index (χ4n) is 2.11. The van der Waals surface area contributed by atoms with Crippen LogP contribution in [0.5, 0.6) is 0 Å². The van der Waals surface area contributed by atoms with Crippen LogP contribution >= 0.6 is 15.9 Å². The van der Waals surface area contributed by atoms with Gasteiger partial charge in [0.05, 0.1) is 4.90 Å². The number of nitrogens with zero attached hydrogens (tertiary/aromatic N) is 1. The van der Waals surface area contributed by atoms with E-state index < -0.39 is 10.0 Å². The van der Waals surface area contributed by atoms with E-state index in [4.69, 9.17) is 0 Å². The first kappa shape index (κ1) is 19.4. The zero-order chi connectivity index (χ0) is 18.6. The largest absolute Gasteiger partial charge is 0.334 e. The van der Waals surface area contributed by atoms with Gasteiger partial charge in [-0.25, -0.2) is 17.5 Å². The standard InChI is InChI=1S/C17H20BrN3O3S/c1-12-10-14(18)6-9-16(12)20-17(22)19-11-13-4-7-15(8-5-13)25(23,24)21(2)3/h4-10H,11H2,1-3H3,(H2,19,20,22). The fraction of sp³-hybridized carbons (Fsp3) is 0.235. The Balaban J connectivity index is 1.96. The molecule has 0 saturated carbocycles. The van der Waals surface area contributed by atoms with Crippen molar-refractivity contribution in [2.24, 2.45) is 0 Å². The second-order valence-electron chi connectivity index (χ2n) is 5.70. The summed E-state index contributed by atoms with van der Waals surface area (Å²) in [5, 5.41) is 5.53. The van der Waals surface area contributed by atoms with Gasteiger partial charge in [0.25, 0.3) is 0 Å². The minimum atomic E-state index is -3.44. The summed E-state index contributed by atoms with van der Waals surface area (Å²) in [5.74, 6) is 0. The molecule has 25 heavy (non-hydrogen) atoms. The summed E-state index contributed by atoms with van der Waals surface area (Å²) in [6.07, 6.45) is 0. The van der Waals surface area contributed by atoms with Gasteiger partial charge in [-0.3, -0.25) is 0 Å². The van der Waals surface area contributed by atoms with Gasteiger partial charge < -0.3 is 10.6 Å². The normalized spacial score (nSPS) is 11.4. The second-order valence-corrected chi connectivity index (χ2v) is 8.77. The lowest BCUT2D eigenvalue weighted by atomic mass is 10.2. The number of urea groups is 1. The molecule has 8 heteroatoms. The van der Waals surface area contributed by atoms with Crippen LogP contribution in [0, 0.1) is 6.92 Å². The number of aryl methyl sites for hydroxylation is 1. The predicted octanol–water partition coefficient (Wildman–Crippen LogP) is 3.33. The zero-order valence-electron chi connectivity index (χ0n) is 14.2. The minimum Gasteiger partial charge on any atom is -0.334 e. The first-order chi connectivity index (χ1) is 11.7. The lowest BCUT2D eigenvalue weighted by Gasteiger charge is -2.12. The Morgan fingerprint density at radius 2 is 1.76 bits per heavy atom. The first-order valence-corrected chi connectivity index (χ1v) is 9.76. The summed E-state index contributed by atoms with van der Waals surface area (Å²) >= 11 is 3.38. The molecule has 0 heterocycles. The number of carbonyl (C=O) groups excluding carboxylic acids is 1. The molecule has 0 aromatic heterocycles. The molecule has 0 unspecified atom stereocenters. The summed E-state index contributed by atoms with van der Waals surface area (Å²) in [6.45, 7) is 2.20. The Hall–Kier alpha value is -1.90. The number of halogens is 1. The van der Waals surface area contributed by atoms with Gasteiger partial charge in [0.1, 0.15) is 0 Å². The van der Waals surface area contributed by atoms with Crippen LogP contribution in [0.15, 0.2) is 51.8 Å². The highest BCUT2D eigenvalue weighted by atomic mass is 79.9. The predicted molar refractivity (Wildman–Crippen MR) is 102 cm³/mol. The van der Waals surface area contributed by atoms with Crippen molar-refractivity contribution < 1.29 is 13.2 Å². The van der Waals surface area contributed by atoms with E-state index in [0.29, 0.717) is 6.54 Å². The topological polar surface area (TPSA) is 78.5 Å². The maximum atomic E-state index is 12.0. The summed E-state index contributed by atoms with van der Waals surface area (Å²) in [4.78, 5) is 12.2. The molecule has 2 aromatic rings. The molecule has 0 aliphatic carbocycles. The van der Waals surface area contributed by atoms with Crippen molar-refractivity contribution in [3.63, 3.8) is 0 Å². The van der Waals surface area contributed by atoms with Gasteiger partial charge >= 0.3 is 6.03 Å². The van der Waals surface area contributed by atoms with Gasteiger partial charge in [0.2, 0.25) is 10.0 Å². The Morgan fingerprint density at radius 1 is 1.12 bits per heavy atom. The van der Waals surface area contributed by atoms with Crippen molar-refractivity contribution in [3.05, 3.63) is 58.1 Å². The van der Waals surface area contributed by atoms with Gasteiger partial charge in [0, 0.05) is 30.8 Å². The van der Waals surface area contributed by atoms with E-state index in [1.165, 1.54) is 26.2 Å². The smallest absolute Gasteiger partial charge is 0.319 e. The number of rotatable bonds is 5. The van der Waals surface area contributed by atoms with E-state index in [1.807, 2.05) is 25.1 Å². The quantitative estimate of drug-likeness (QED) is 0.770. The molecular weight excluding hydrogens is 406 g/mol. The summed E-state index contributed by atoms with van der Waals surface area (Å²) < 4.78 is 26.1. The number of nitrogens with one attached hydrogen (secondary N) is 2. The van der Waals surface area contributed by atoms with Gasteiger partial charge in [-0.2, -0.15) is 0 Å². The van der Waals surface area contributed by atoms with Gasteiger partial charge in [-0.15, -0.1) is 0 Å². The van der Waals surface area contributed by atoms with E-state index in [1.54, 1.807) is 12.1 Å². The van der Waals surface area contributed by atoms with Gasteiger partial charge in [-0.05, 0) is 48.4 Å². The number of amides is 2. The molecule has 0 fully saturated rings. The van der Waals surface area contributed by atoms with Gasteiger partial charge in [-0.1, -0.05) is 28.1 Å².